The number of methoxy groups -OCH3 is 1. The van der Waals surface area contributed by atoms with Crippen molar-refractivity contribution in [2.24, 2.45) is 0 Å². The monoisotopic (exact) mass is 536 g/mol. The topological polar surface area (TPSA) is 112 Å². The summed E-state index contributed by atoms with van der Waals surface area (Å²) in [6, 6.07) is 20.0. The highest BCUT2D eigenvalue weighted by molar-refractivity contribution is 7.93. The van der Waals surface area contributed by atoms with Gasteiger partial charge in [0.05, 0.1) is 23.5 Å². The second-order valence-electron chi connectivity index (χ2n) is 8.36. The van der Waals surface area contributed by atoms with E-state index < -0.39 is 15.9 Å². The van der Waals surface area contributed by atoms with Gasteiger partial charge in [0.25, 0.3) is 15.9 Å². The number of carbonyl (C=O) groups excluding carboxylic acids is 1. The molecular formula is C27H25ClN4O4S. The van der Waals surface area contributed by atoms with Gasteiger partial charge in [-0.15, -0.1) is 0 Å². The Bertz CT molecular complexity index is 1470. The molecule has 1 fully saturated rings. The van der Waals surface area contributed by atoms with E-state index in [-0.39, 0.29) is 26.9 Å². The number of nitrogens with zero attached hydrogens (tertiary/aromatic N) is 2. The van der Waals surface area contributed by atoms with Gasteiger partial charge in [0.1, 0.15) is 22.3 Å². The van der Waals surface area contributed by atoms with E-state index in [1.165, 1.54) is 12.1 Å². The van der Waals surface area contributed by atoms with Gasteiger partial charge in [-0.2, -0.15) is 5.26 Å². The number of carbonyl (C=O) groups is 1. The number of rotatable bonds is 8. The fraction of sp³-hybridized carbons (Fsp3) is 0.185. The summed E-state index contributed by atoms with van der Waals surface area (Å²) in [4.78, 5) is 14.9. The van der Waals surface area contributed by atoms with Crippen LogP contribution in [0.5, 0.6) is 5.75 Å². The zero-order valence-corrected chi connectivity index (χ0v) is 21.6. The van der Waals surface area contributed by atoms with Crippen LogP contribution in [0.2, 0.25) is 5.02 Å². The second-order valence-corrected chi connectivity index (χ2v) is 10.4. The van der Waals surface area contributed by atoms with Gasteiger partial charge in [0.15, 0.2) is 0 Å². The maximum Gasteiger partial charge on any atom is 0.266 e. The first-order valence-corrected chi connectivity index (χ1v) is 13.4. The quantitative estimate of drug-likeness (QED) is 0.299. The summed E-state index contributed by atoms with van der Waals surface area (Å²) in [7, 11) is -2.51. The lowest BCUT2D eigenvalue weighted by Gasteiger charge is -2.22. The van der Waals surface area contributed by atoms with Gasteiger partial charge in [0, 0.05) is 18.8 Å². The van der Waals surface area contributed by atoms with Crippen molar-refractivity contribution in [1.29, 1.82) is 5.26 Å². The maximum absolute atomic E-state index is 13.5. The number of nitriles is 1. The fourth-order valence-electron chi connectivity index (χ4n) is 3.98. The molecule has 1 aliphatic heterocycles. The standard InChI is InChI=1S/C27H25ClN4O4S/c1-36-22-11-8-19(9-12-22)16-20(18-29)27(33)30-21-10-13-25(32-14-4-5-15-32)26(17-21)37(34,35)31-24-7-3-2-6-23(24)28/h2-3,6-13,16-17,31H,4-5,14-15H2,1H3,(H,30,33). The number of amides is 1. The van der Waals surface area contributed by atoms with Crippen molar-refractivity contribution in [3.05, 3.63) is 82.9 Å². The summed E-state index contributed by atoms with van der Waals surface area (Å²) in [5, 5.41) is 12.5. The molecule has 37 heavy (non-hydrogen) atoms. The average molecular weight is 537 g/mol. The molecular weight excluding hydrogens is 512 g/mol. The number of nitrogens with one attached hydrogen (secondary N) is 2. The Morgan fingerprint density at radius 3 is 2.43 bits per heavy atom. The van der Waals surface area contributed by atoms with E-state index in [0.717, 1.165) is 25.9 Å². The van der Waals surface area contributed by atoms with E-state index >= 15 is 0 Å². The number of ether oxygens (including phenoxy) is 1. The number of halogens is 1. The molecule has 0 bridgehead atoms. The number of hydrogen-bond donors (Lipinski definition) is 2. The minimum atomic E-state index is -4.06. The second kappa shape index (κ2) is 11.4. The molecule has 2 N–H and O–H groups in total. The molecule has 190 valence electrons. The highest BCUT2D eigenvalue weighted by atomic mass is 35.5. The minimum Gasteiger partial charge on any atom is -0.497 e. The van der Waals surface area contributed by atoms with Crippen molar-refractivity contribution in [3.8, 4) is 11.8 Å². The van der Waals surface area contributed by atoms with Crippen molar-refractivity contribution < 1.29 is 17.9 Å². The number of sulfonamides is 1. The minimum absolute atomic E-state index is 0.00441. The first kappa shape index (κ1) is 26.1. The molecule has 10 heteroatoms. The summed E-state index contributed by atoms with van der Waals surface area (Å²) >= 11 is 6.18. The molecule has 0 aromatic heterocycles. The van der Waals surface area contributed by atoms with Crippen LogP contribution < -0.4 is 19.7 Å². The van der Waals surface area contributed by atoms with Crippen LogP contribution in [0.25, 0.3) is 6.08 Å². The number of benzene rings is 3. The summed E-state index contributed by atoms with van der Waals surface area (Å²) in [6.45, 7) is 1.45. The highest BCUT2D eigenvalue weighted by Crippen LogP contribution is 2.33. The summed E-state index contributed by atoms with van der Waals surface area (Å²) in [6.07, 6.45) is 3.36. The van der Waals surface area contributed by atoms with Crippen molar-refractivity contribution in [1.82, 2.24) is 0 Å². The molecule has 3 aromatic rings. The van der Waals surface area contributed by atoms with Crippen LogP contribution in [-0.2, 0) is 14.8 Å². The molecule has 0 spiro atoms. The van der Waals surface area contributed by atoms with Crippen LogP contribution in [0.15, 0.2) is 77.2 Å². The lowest BCUT2D eigenvalue weighted by atomic mass is 10.1. The van der Waals surface area contributed by atoms with Crippen molar-refractivity contribution in [2.75, 3.05) is 35.1 Å². The van der Waals surface area contributed by atoms with Crippen LogP contribution in [0, 0.1) is 11.3 Å². The number of anilines is 3. The van der Waals surface area contributed by atoms with Gasteiger partial charge in [-0.1, -0.05) is 35.9 Å². The van der Waals surface area contributed by atoms with E-state index in [9.17, 15) is 18.5 Å². The third kappa shape index (κ3) is 6.23. The lowest BCUT2D eigenvalue weighted by molar-refractivity contribution is -0.112. The Morgan fingerprint density at radius 1 is 1.08 bits per heavy atom. The Labute approximate surface area is 221 Å². The summed E-state index contributed by atoms with van der Waals surface area (Å²) < 4.78 is 34.6. The molecule has 4 rings (SSSR count). The third-order valence-electron chi connectivity index (χ3n) is 5.86. The SMILES string of the molecule is COc1ccc(C=C(C#N)C(=O)Nc2ccc(N3CCCC3)c(S(=O)(=O)Nc3ccccc3Cl)c2)cc1. The highest BCUT2D eigenvalue weighted by Gasteiger charge is 2.25. The summed E-state index contributed by atoms with van der Waals surface area (Å²) in [5.41, 5.74) is 1.53. The third-order valence-corrected chi connectivity index (χ3v) is 7.59. The molecule has 1 heterocycles. The summed E-state index contributed by atoms with van der Waals surface area (Å²) in [5.74, 6) is -0.00742. The van der Waals surface area contributed by atoms with Gasteiger partial charge in [-0.25, -0.2) is 8.42 Å². The van der Waals surface area contributed by atoms with Crippen LogP contribution in [-0.4, -0.2) is 34.5 Å². The average Bonchev–Trinajstić information content (AvgIpc) is 3.44. The van der Waals surface area contributed by atoms with Crippen LogP contribution in [0.1, 0.15) is 18.4 Å². The lowest BCUT2D eigenvalue weighted by Crippen LogP contribution is -2.23. The molecule has 0 unspecified atom stereocenters. The van der Waals surface area contributed by atoms with Crippen molar-refractivity contribution >= 4 is 50.7 Å². The predicted molar refractivity (Wildman–Crippen MR) is 145 cm³/mol. The Kier molecular flexibility index (Phi) is 8.01. The largest absolute Gasteiger partial charge is 0.497 e. The Hall–Kier alpha value is -4.00. The van der Waals surface area contributed by atoms with Gasteiger partial charge in [0.2, 0.25) is 0 Å². The van der Waals surface area contributed by atoms with Crippen LogP contribution in [0.3, 0.4) is 0 Å². The van der Waals surface area contributed by atoms with Gasteiger partial charge in [-0.05, 0) is 66.9 Å². The normalized spacial score (nSPS) is 13.6. The number of hydrogen-bond acceptors (Lipinski definition) is 6. The zero-order valence-electron chi connectivity index (χ0n) is 20.1. The molecule has 1 aliphatic rings. The molecule has 8 nitrogen and oxygen atoms in total. The van der Waals surface area contributed by atoms with Gasteiger partial charge in [-0.3, -0.25) is 9.52 Å². The molecule has 1 amide bonds. The first-order chi connectivity index (χ1) is 17.8. The maximum atomic E-state index is 13.5. The zero-order chi connectivity index (χ0) is 26.4. The molecule has 0 radical (unpaired) electrons. The molecule has 0 saturated carbocycles. The van der Waals surface area contributed by atoms with E-state index in [0.29, 0.717) is 17.0 Å². The Morgan fingerprint density at radius 2 is 1.78 bits per heavy atom. The smallest absolute Gasteiger partial charge is 0.266 e. The van der Waals surface area contributed by atoms with Crippen molar-refractivity contribution in [2.45, 2.75) is 17.7 Å². The molecule has 0 aliphatic carbocycles. The van der Waals surface area contributed by atoms with Crippen LogP contribution >= 0.6 is 11.6 Å². The van der Waals surface area contributed by atoms with Gasteiger partial charge < -0.3 is 15.0 Å². The van der Waals surface area contributed by atoms with E-state index in [2.05, 4.69) is 10.0 Å². The van der Waals surface area contributed by atoms with Crippen molar-refractivity contribution in [3.63, 3.8) is 0 Å². The fourth-order valence-corrected chi connectivity index (χ4v) is 5.56. The number of para-hydroxylation sites is 1. The van der Waals surface area contributed by atoms with E-state index in [1.807, 2.05) is 11.0 Å². The molecule has 0 atom stereocenters. The predicted octanol–water partition coefficient (Wildman–Crippen LogP) is 5.30. The Balaban J connectivity index is 1.65. The molecule has 1 saturated heterocycles. The van der Waals surface area contributed by atoms with E-state index in [4.69, 9.17) is 16.3 Å². The van der Waals surface area contributed by atoms with E-state index in [1.54, 1.807) is 67.8 Å². The first-order valence-electron chi connectivity index (χ1n) is 11.5. The molecule has 3 aromatic carbocycles. The van der Waals surface area contributed by atoms with Crippen LogP contribution in [0.4, 0.5) is 17.1 Å². The van der Waals surface area contributed by atoms with Gasteiger partial charge >= 0.3 is 0 Å².